The summed E-state index contributed by atoms with van der Waals surface area (Å²) >= 11 is 0. The summed E-state index contributed by atoms with van der Waals surface area (Å²) in [5.74, 6) is -0.585. The first-order chi connectivity index (χ1) is 11.6. The molecular formula is C14H14F5NO5. The van der Waals surface area contributed by atoms with E-state index in [9.17, 15) is 26.7 Å². The van der Waals surface area contributed by atoms with E-state index in [-0.39, 0.29) is 24.4 Å². The Balaban J connectivity index is 2.13. The van der Waals surface area contributed by atoms with Crippen LogP contribution in [-0.2, 0) is 11.3 Å². The number of halogens is 5. The van der Waals surface area contributed by atoms with Crippen LogP contribution in [0.4, 0.5) is 26.7 Å². The number of carbonyl (C=O) groups is 1. The average Bonchev–Trinajstić information content (AvgIpc) is 2.94. The Labute approximate surface area is 138 Å². The lowest BCUT2D eigenvalue weighted by atomic mass is 10.2. The number of rotatable bonds is 6. The summed E-state index contributed by atoms with van der Waals surface area (Å²) in [7, 11) is 0. The van der Waals surface area contributed by atoms with Gasteiger partial charge in [0.25, 0.3) is 0 Å². The quantitative estimate of drug-likeness (QED) is 0.776. The van der Waals surface area contributed by atoms with Gasteiger partial charge in [-0.25, -0.2) is 4.79 Å². The fourth-order valence-corrected chi connectivity index (χ4v) is 2.31. The van der Waals surface area contributed by atoms with Crippen LogP contribution < -0.4 is 9.47 Å². The van der Waals surface area contributed by atoms with Crippen LogP contribution in [0.15, 0.2) is 18.2 Å². The summed E-state index contributed by atoms with van der Waals surface area (Å²) < 4.78 is 74.6. The number of ether oxygens (including phenoxy) is 3. The molecule has 1 aromatic rings. The third kappa shape index (κ3) is 5.93. The zero-order valence-corrected chi connectivity index (χ0v) is 12.6. The first-order valence-corrected chi connectivity index (χ1v) is 7.07. The molecule has 1 aliphatic heterocycles. The van der Waals surface area contributed by atoms with Gasteiger partial charge in [-0.1, -0.05) is 0 Å². The normalized spacial score (nSPS) is 17.8. The van der Waals surface area contributed by atoms with E-state index in [2.05, 4.69) is 9.47 Å². The molecule has 11 heteroatoms. The van der Waals surface area contributed by atoms with Crippen molar-refractivity contribution in [1.29, 1.82) is 0 Å². The van der Waals surface area contributed by atoms with Gasteiger partial charge in [-0.3, -0.25) is 0 Å². The standard InChI is InChI=1S/C14H14F5NO5/c15-12(16)23-7-8-5-9(25-14(17,18)19)1-2-11(8)24-10-3-4-20(6-10)13(21)22/h1-2,5,10,12H,3-4,6-7H2,(H,21,22). The van der Waals surface area contributed by atoms with Crippen molar-refractivity contribution in [3.63, 3.8) is 0 Å². The first-order valence-electron chi connectivity index (χ1n) is 7.07. The minimum atomic E-state index is -4.93. The van der Waals surface area contributed by atoms with Gasteiger partial charge in [-0.15, -0.1) is 13.2 Å². The summed E-state index contributed by atoms with van der Waals surface area (Å²) in [4.78, 5) is 12.0. The van der Waals surface area contributed by atoms with Gasteiger partial charge in [0, 0.05) is 18.5 Å². The molecule has 1 heterocycles. The Morgan fingerprint density at radius 3 is 2.64 bits per heavy atom. The van der Waals surface area contributed by atoms with Gasteiger partial charge in [-0.05, 0) is 18.2 Å². The van der Waals surface area contributed by atoms with E-state index < -0.39 is 37.5 Å². The van der Waals surface area contributed by atoms with Crippen molar-refractivity contribution in [2.75, 3.05) is 13.1 Å². The van der Waals surface area contributed by atoms with Crippen molar-refractivity contribution in [1.82, 2.24) is 4.90 Å². The number of alkyl halides is 5. The lowest BCUT2D eigenvalue weighted by molar-refractivity contribution is -0.274. The van der Waals surface area contributed by atoms with Gasteiger partial charge in [0.05, 0.1) is 13.2 Å². The van der Waals surface area contributed by atoms with E-state index in [4.69, 9.17) is 9.84 Å². The molecule has 1 aliphatic rings. The second-order valence-corrected chi connectivity index (χ2v) is 5.15. The van der Waals surface area contributed by atoms with Crippen LogP contribution in [0.2, 0.25) is 0 Å². The van der Waals surface area contributed by atoms with Crippen molar-refractivity contribution in [2.45, 2.75) is 32.1 Å². The van der Waals surface area contributed by atoms with Crippen LogP contribution in [0.25, 0.3) is 0 Å². The topological polar surface area (TPSA) is 68.2 Å². The van der Waals surface area contributed by atoms with Crippen LogP contribution >= 0.6 is 0 Å². The summed E-state index contributed by atoms with van der Waals surface area (Å²) in [6, 6.07) is 2.99. The van der Waals surface area contributed by atoms with Crippen LogP contribution in [0, 0.1) is 0 Å². The number of amides is 1. The maximum absolute atomic E-state index is 12.3. The zero-order valence-electron chi connectivity index (χ0n) is 12.6. The van der Waals surface area contributed by atoms with Crippen molar-refractivity contribution < 1.29 is 46.1 Å². The highest BCUT2D eigenvalue weighted by Crippen LogP contribution is 2.31. The molecule has 140 valence electrons. The van der Waals surface area contributed by atoms with E-state index in [1.165, 1.54) is 0 Å². The smallest absolute Gasteiger partial charge is 0.488 e. The summed E-state index contributed by atoms with van der Waals surface area (Å²) in [6.07, 6.45) is -6.24. The van der Waals surface area contributed by atoms with Gasteiger partial charge in [-0.2, -0.15) is 8.78 Å². The van der Waals surface area contributed by atoms with Crippen molar-refractivity contribution in [3.05, 3.63) is 23.8 Å². The molecule has 1 amide bonds. The van der Waals surface area contributed by atoms with Crippen molar-refractivity contribution >= 4 is 6.09 Å². The van der Waals surface area contributed by atoms with Crippen LogP contribution in [0.5, 0.6) is 11.5 Å². The highest BCUT2D eigenvalue weighted by Gasteiger charge is 2.32. The number of benzene rings is 1. The Hall–Kier alpha value is -2.30. The molecule has 1 N–H and O–H groups in total. The second kappa shape index (κ2) is 7.72. The third-order valence-corrected chi connectivity index (χ3v) is 3.34. The predicted octanol–water partition coefficient (Wildman–Crippen LogP) is 3.46. The molecule has 6 nitrogen and oxygen atoms in total. The maximum Gasteiger partial charge on any atom is 0.573 e. The van der Waals surface area contributed by atoms with Crippen molar-refractivity contribution in [3.8, 4) is 11.5 Å². The van der Waals surface area contributed by atoms with Gasteiger partial charge in [0.2, 0.25) is 0 Å². The molecule has 1 aromatic carbocycles. The zero-order chi connectivity index (χ0) is 18.6. The number of carboxylic acid groups (broad SMARTS) is 1. The SMILES string of the molecule is O=C(O)N1CCC(Oc2ccc(OC(F)(F)F)cc2COC(F)F)C1. The molecule has 0 aliphatic carbocycles. The van der Waals surface area contributed by atoms with E-state index in [1.54, 1.807) is 0 Å². The number of hydrogen-bond acceptors (Lipinski definition) is 4. The number of nitrogens with zero attached hydrogens (tertiary/aromatic N) is 1. The molecule has 1 atom stereocenters. The highest BCUT2D eigenvalue weighted by molar-refractivity contribution is 5.65. The van der Waals surface area contributed by atoms with E-state index in [1.807, 2.05) is 0 Å². The Morgan fingerprint density at radius 2 is 2.08 bits per heavy atom. The van der Waals surface area contributed by atoms with Crippen LogP contribution in [-0.4, -0.2) is 48.3 Å². The Bertz CT molecular complexity index is 610. The lowest BCUT2D eigenvalue weighted by Crippen LogP contribution is -2.29. The molecule has 0 saturated carbocycles. The molecule has 0 radical (unpaired) electrons. The van der Waals surface area contributed by atoms with Crippen LogP contribution in [0.3, 0.4) is 0 Å². The molecule has 1 fully saturated rings. The molecule has 25 heavy (non-hydrogen) atoms. The Kier molecular flexibility index (Phi) is 5.88. The molecule has 1 unspecified atom stereocenters. The monoisotopic (exact) mass is 371 g/mol. The second-order valence-electron chi connectivity index (χ2n) is 5.15. The van der Waals surface area contributed by atoms with Gasteiger partial charge < -0.3 is 24.2 Å². The van der Waals surface area contributed by atoms with Crippen molar-refractivity contribution in [2.24, 2.45) is 0 Å². The molecule has 0 spiro atoms. The van der Waals surface area contributed by atoms with Crippen LogP contribution in [0.1, 0.15) is 12.0 Å². The molecular weight excluding hydrogens is 357 g/mol. The van der Waals surface area contributed by atoms with Gasteiger partial charge >= 0.3 is 19.1 Å². The molecule has 0 aromatic heterocycles. The molecule has 1 saturated heterocycles. The fourth-order valence-electron chi connectivity index (χ4n) is 2.31. The van der Waals surface area contributed by atoms with E-state index in [0.29, 0.717) is 6.42 Å². The molecule has 0 bridgehead atoms. The fraction of sp³-hybridized carbons (Fsp3) is 0.500. The summed E-state index contributed by atoms with van der Waals surface area (Å²) in [5.41, 5.74) is -0.0733. The van der Waals surface area contributed by atoms with Gasteiger partial charge in [0.15, 0.2) is 0 Å². The minimum absolute atomic E-state index is 0.0208. The summed E-state index contributed by atoms with van der Waals surface area (Å²) in [5, 5.41) is 8.89. The molecule has 2 rings (SSSR count). The number of likely N-dealkylation sites (tertiary alicyclic amines) is 1. The predicted molar refractivity (Wildman–Crippen MR) is 72.5 cm³/mol. The summed E-state index contributed by atoms with van der Waals surface area (Å²) in [6.45, 7) is -3.52. The average molecular weight is 371 g/mol. The van der Waals surface area contributed by atoms with Gasteiger partial charge in [0.1, 0.15) is 17.6 Å². The third-order valence-electron chi connectivity index (χ3n) is 3.34. The minimum Gasteiger partial charge on any atom is -0.488 e. The largest absolute Gasteiger partial charge is 0.573 e. The first kappa shape index (κ1) is 19.0. The lowest BCUT2D eigenvalue weighted by Gasteiger charge is -2.18. The van der Waals surface area contributed by atoms with E-state index in [0.717, 1.165) is 23.1 Å². The number of hydrogen-bond donors (Lipinski definition) is 1. The Morgan fingerprint density at radius 1 is 1.36 bits per heavy atom. The maximum atomic E-state index is 12.3. The highest BCUT2D eigenvalue weighted by atomic mass is 19.4. The van der Waals surface area contributed by atoms with E-state index >= 15 is 0 Å².